The third-order valence-corrected chi connectivity index (χ3v) is 5.45. The molecule has 1 amide bonds. The molecule has 0 saturated carbocycles. The van der Waals surface area contributed by atoms with Crippen LogP contribution < -0.4 is 0 Å². The molecule has 158 valence electrons. The molecular weight excluding hydrogens is 391 g/mol. The lowest BCUT2D eigenvalue weighted by Gasteiger charge is -2.43. The van der Waals surface area contributed by atoms with Crippen molar-refractivity contribution in [3.8, 4) is 0 Å². The summed E-state index contributed by atoms with van der Waals surface area (Å²) in [6.07, 6.45) is -2.63. The van der Waals surface area contributed by atoms with Gasteiger partial charge in [0.2, 0.25) is 0 Å². The lowest BCUT2D eigenvalue weighted by atomic mass is 10.0. The zero-order valence-electron chi connectivity index (χ0n) is 16.1. The van der Waals surface area contributed by atoms with Gasteiger partial charge in [0, 0.05) is 37.8 Å². The molecule has 2 aromatic rings. The molecule has 4 rings (SSSR count). The van der Waals surface area contributed by atoms with Crippen molar-refractivity contribution in [2.45, 2.75) is 38.0 Å². The van der Waals surface area contributed by atoms with Crippen LogP contribution in [0.5, 0.6) is 0 Å². The molecule has 1 N–H and O–H groups in total. The van der Waals surface area contributed by atoms with Crippen molar-refractivity contribution in [1.82, 2.24) is 24.8 Å². The summed E-state index contributed by atoms with van der Waals surface area (Å²) < 4.78 is 33.5. The summed E-state index contributed by atoms with van der Waals surface area (Å²) in [6.45, 7) is 5.17. The van der Waals surface area contributed by atoms with Crippen molar-refractivity contribution >= 4 is 22.9 Å². The molecule has 1 aromatic heterocycles. The first-order valence-electron chi connectivity index (χ1n) is 9.24. The lowest BCUT2D eigenvalue weighted by molar-refractivity contribution is -0.192. The van der Waals surface area contributed by atoms with Gasteiger partial charge >= 0.3 is 12.1 Å². The van der Waals surface area contributed by atoms with Crippen molar-refractivity contribution in [3.63, 3.8) is 0 Å². The Kier molecular flexibility index (Phi) is 5.78. The van der Waals surface area contributed by atoms with Gasteiger partial charge in [0.25, 0.3) is 5.91 Å². The van der Waals surface area contributed by atoms with Gasteiger partial charge < -0.3 is 10.0 Å². The van der Waals surface area contributed by atoms with E-state index >= 15 is 0 Å². The number of carboxylic acids is 1. The minimum Gasteiger partial charge on any atom is -0.475 e. The van der Waals surface area contributed by atoms with Gasteiger partial charge in [-0.25, -0.2) is 9.48 Å². The number of nitrogens with zero attached hydrogens (tertiary/aromatic N) is 5. The van der Waals surface area contributed by atoms with E-state index in [9.17, 15) is 18.0 Å². The normalized spacial score (nSPS) is 22.2. The van der Waals surface area contributed by atoms with E-state index in [0.717, 1.165) is 24.1 Å². The SMILES string of the molecule is CC1C2CCCN2CCN1C(=O)c1ccc2c(c1)nnn2C.O=C(O)C(F)(F)F. The topological polar surface area (TPSA) is 91.6 Å². The number of amides is 1. The average molecular weight is 413 g/mol. The van der Waals surface area contributed by atoms with E-state index in [1.807, 2.05) is 30.1 Å². The van der Waals surface area contributed by atoms with Crippen LogP contribution in [0, 0.1) is 0 Å². The standard InChI is InChI=1S/C16H21N5O.C2HF3O2/c1-11-14-4-3-7-20(14)8-9-21(11)16(22)12-5-6-15-13(10-12)17-18-19(15)2;3-2(4,5)1(6)7/h5-6,10-11,14H,3-4,7-9H2,1-2H3;(H,6,7). The van der Waals surface area contributed by atoms with Crippen molar-refractivity contribution < 1.29 is 27.9 Å². The molecular formula is C18H22F3N5O3. The Morgan fingerprint density at radius 1 is 1.21 bits per heavy atom. The molecule has 0 aliphatic carbocycles. The molecule has 2 saturated heterocycles. The highest BCUT2D eigenvalue weighted by Gasteiger charge is 2.39. The quantitative estimate of drug-likeness (QED) is 0.768. The molecule has 3 heterocycles. The van der Waals surface area contributed by atoms with Crippen LogP contribution >= 0.6 is 0 Å². The number of alkyl halides is 3. The van der Waals surface area contributed by atoms with Crippen molar-refractivity contribution in [3.05, 3.63) is 23.8 Å². The van der Waals surface area contributed by atoms with Crippen molar-refractivity contribution in [2.24, 2.45) is 7.05 Å². The maximum absolute atomic E-state index is 12.9. The van der Waals surface area contributed by atoms with Crippen LogP contribution in [0.2, 0.25) is 0 Å². The summed E-state index contributed by atoms with van der Waals surface area (Å²) in [6, 6.07) is 6.48. The zero-order valence-corrected chi connectivity index (χ0v) is 16.1. The summed E-state index contributed by atoms with van der Waals surface area (Å²) in [5, 5.41) is 15.2. The van der Waals surface area contributed by atoms with Crippen LogP contribution in [-0.4, -0.2) is 79.7 Å². The van der Waals surface area contributed by atoms with Gasteiger partial charge in [-0.3, -0.25) is 9.69 Å². The average Bonchev–Trinajstić information content (AvgIpc) is 3.28. The number of benzene rings is 1. The van der Waals surface area contributed by atoms with Crippen LogP contribution in [0.1, 0.15) is 30.1 Å². The number of piperazine rings is 1. The highest BCUT2D eigenvalue weighted by molar-refractivity contribution is 5.97. The lowest BCUT2D eigenvalue weighted by Crippen LogP contribution is -2.57. The third kappa shape index (κ3) is 4.34. The molecule has 11 heteroatoms. The van der Waals surface area contributed by atoms with E-state index in [0.29, 0.717) is 11.6 Å². The minimum absolute atomic E-state index is 0.117. The fraction of sp³-hybridized carbons (Fsp3) is 0.556. The van der Waals surface area contributed by atoms with E-state index in [2.05, 4.69) is 22.1 Å². The zero-order chi connectivity index (χ0) is 21.3. The van der Waals surface area contributed by atoms with Gasteiger partial charge in [-0.15, -0.1) is 5.10 Å². The summed E-state index contributed by atoms with van der Waals surface area (Å²) in [5.41, 5.74) is 2.44. The fourth-order valence-corrected chi connectivity index (χ4v) is 3.95. The highest BCUT2D eigenvalue weighted by Crippen LogP contribution is 2.28. The summed E-state index contributed by atoms with van der Waals surface area (Å²) in [4.78, 5) is 26.4. The molecule has 2 aliphatic rings. The van der Waals surface area contributed by atoms with Crippen LogP contribution in [0.25, 0.3) is 11.0 Å². The van der Waals surface area contributed by atoms with Crippen LogP contribution in [0.4, 0.5) is 13.2 Å². The van der Waals surface area contributed by atoms with Crippen molar-refractivity contribution in [2.75, 3.05) is 19.6 Å². The Labute approximate surface area is 164 Å². The number of aliphatic carboxylic acids is 1. The van der Waals surface area contributed by atoms with Crippen LogP contribution in [0.3, 0.4) is 0 Å². The Morgan fingerprint density at radius 2 is 1.90 bits per heavy atom. The summed E-state index contributed by atoms with van der Waals surface area (Å²) in [7, 11) is 1.86. The van der Waals surface area contributed by atoms with Crippen LogP contribution in [-0.2, 0) is 11.8 Å². The number of rotatable bonds is 1. The van der Waals surface area contributed by atoms with Gasteiger partial charge in [-0.1, -0.05) is 5.21 Å². The number of hydrogen-bond acceptors (Lipinski definition) is 5. The van der Waals surface area contributed by atoms with Gasteiger partial charge in [0.15, 0.2) is 0 Å². The third-order valence-electron chi connectivity index (χ3n) is 5.45. The largest absolute Gasteiger partial charge is 0.490 e. The molecule has 2 unspecified atom stereocenters. The molecule has 2 atom stereocenters. The smallest absolute Gasteiger partial charge is 0.475 e. The predicted octanol–water partition coefficient (Wildman–Crippen LogP) is 1.91. The van der Waals surface area contributed by atoms with Gasteiger partial charge in [0.05, 0.1) is 5.52 Å². The van der Waals surface area contributed by atoms with Gasteiger partial charge in [-0.2, -0.15) is 13.2 Å². The molecule has 8 nitrogen and oxygen atoms in total. The first kappa shape index (κ1) is 21.0. The molecule has 2 aliphatic heterocycles. The Morgan fingerprint density at radius 3 is 2.55 bits per heavy atom. The summed E-state index contributed by atoms with van der Waals surface area (Å²) in [5.74, 6) is -2.64. The Hall–Kier alpha value is -2.69. The Balaban J connectivity index is 0.000000298. The number of carboxylic acid groups (broad SMARTS) is 1. The number of hydrogen-bond donors (Lipinski definition) is 1. The van der Waals surface area contributed by atoms with Gasteiger partial charge in [-0.05, 0) is 44.5 Å². The summed E-state index contributed by atoms with van der Waals surface area (Å²) >= 11 is 0. The molecule has 0 spiro atoms. The maximum atomic E-state index is 12.9. The highest BCUT2D eigenvalue weighted by atomic mass is 19.4. The molecule has 0 radical (unpaired) electrons. The molecule has 29 heavy (non-hydrogen) atoms. The van der Waals surface area contributed by atoms with E-state index in [4.69, 9.17) is 9.90 Å². The molecule has 0 bridgehead atoms. The number of aromatic nitrogens is 3. The first-order chi connectivity index (χ1) is 13.6. The van der Waals surface area contributed by atoms with Crippen LogP contribution in [0.15, 0.2) is 18.2 Å². The minimum atomic E-state index is -5.08. The molecule has 1 aromatic carbocycles. The Bertz CT molecular complexity index is 914. The predicted molar refractivity (Wildman–Crippen MR) is 97.3 cm³/mol. The monoisotopic (exact) mass is 413 g/mol. The second-order valence-corrected chi connectivity index (χ2v) is 7.20. The molecule has 2 fully saturated rings. The first-order valence-corrected chi connectivity index (χ1v) is 9.24. The number of halogens is 3. The number of aryl methyl sites for hydroxylation is 1. The second kappa shape index (κ2) is 7.97. The van der Waals surface area contributed by atoms with E-state index in [-0.39, 0.29) is 11.9 Å². The van der Waals surface area contributed by atoms with E-state index in [1.54, 1.807) is 4.68 Å². The van der Waals surface area contributed by atoms with Gasteiger partial charge in [0.1, 0.15) is 5.52 Å². The van der Waals surface area contributed by atoms with E-state index < -0.39 is 12.1 Å². The van der Waals surface area contributed by atoms with E-state index in [1.165, 1.54) is 19.4 Å². The van der Waals surface area contributed by atoms with Crippen molar-refractivity contribution in [1.29, 1.82) is 0 Å². The fourth-order valence-electron chi connectivity index (χ4n) is 3.95. The number of carbonyl (C=O) groups is 2. The second-order valence-electron chi connectivity index (χ2n) is 7.20. The number of carbonyl (C=O) groups excluding carboxylic acids is 1. The maximum Gasteiger partial charge on any atom is 0.490 e. The number of fused-ring (bicyclic) bond motifs is 2.